The minimum atomic E-state index is -2.17. The first kappa shape index (κ1) is 55.5. The number of para-hydroxylation sites is 3. The summed E-state index contributed by atoms with van der Waals surface area (Å²) in [6.07, 6.45) is 11.8. The van der Waals surface area contributed by atoms with Gasteiger partial charge in [0.05, 0.1) is 13.7 Å². The Morgan fingerprint density at radius 2 is 1.03 bits per heavy atom. The van der Waals surface area contributed by atoms with Crippen LogP contribution in [-0.2, 0) is 22.0 Å². The molecule has 0 saturated carbocycles. The molecule has 7 nitrogen and oxygen atoms in total. The molecule has 8 aromatic rings. The van der Waals surface area contributed by atoms with Crippen molar-refractivity contribution in [2.45, 2.75) is 117 Å². The molecule has 1 atom stereocenters. The highest BCUT2D eigenvalue weighted by Crippen LogP contribution is 2.64. The summed E-state index contributed by atoms with van der Waals surface area (Å²) >= 11 is 0. The molecule has 2 heterocycles. The molecule has 1 aliphatic heterocycles. The fourth-order valence-corrected chi connectivity index (χ4v) is 15.8. The summed E-state index contributed by atoms with van der Waals surface area (Å²) in [5.74, 6) is 3.59. The van der Waals surface area contributed by atoms with Crippen molar-refractivity contribution in [1.82, 2.24) is 0 Å². The van der Waals surface area contributed by atoms with Crippen LogP contribution in [0.3, 0.4) is 0 Å². The quantitative estimate of drug-likeness (QED) is 0.120. The summed E-state index contributed by atoms with van der Waals surface area (Å²) < 4.78 is 49.3. The lowest BCUT2D eigenvalue weighted by Crippen LogP contribution is -2.11. The van der Waals surface area contributed by atoms with Crippen molar-refractivity contribution in [3.05, 3.63) is 153 Å². The zero-order valence-electron chi connectivity index (χ0n) is 48.3. The van der Waals surface area contributed by atoms with Crippen LogP contribution in [0.5, 0.6) is 23.0 Å². The number of hydrogen-bond donors (Lipinski definition) is 0. The molecule has 0 fully saturated rings. The molecular weight excluding hydrogens is 1020 g/mol. The molecule has 1 unspecified atom stereocenters. The maximum Gasteiger partial charge on any atom is 0.463 e. The molecule has 76 heavy (non-hydrogen) atoms. The molecule has 0 amide bonds. The van der Waals surface area contributed by atoms with E-state index in [1.54, 1.807) is 7.11 Å². The third kappa shape index (κ3) is 10.8. The third-order valence-electron chi connectivity index (χ3n) is 14.7. The van der Waals surface area contributed by atoms with Crippen molar-refractivity contribution >= 4 is 58.8 Å². The SMILES string of the molecule is CCS(C)(C)c1cc(-c2c(C)cc(C)cc2C)cc(-c2cc(-c3c(C)cc(C)cc3C)cc(S(C)(C)C)c2OP2OCc3cccc(OC)c3O2)c1Op1oc2c(C(C)(C)C)cccc2c2cccc(C(C)(C)C)c2o1. The normalized spacial score (nSPS) is 14.6. The standard InChI is InChI=1S/C65H78O7P2S2/c1-20-76(18,19)56-37-47(58-43(6)32-40(3)33-44(58)7)35-51(63(56)72-74-69-60-48(25-22-27-52(60)64(8,9)10)49-26-23-28-53(61(49)70-74)65(11,12)13)50-34-46(57-41(4)30-39(2)31-42(57)5)36-55(75(15,16)17)62(50)71-73-67-38-45-24-21-29-54(66-14)59(45)68-73/h21-37H,20,38H2,1-19H3. The monoisotopic (exact) mass is 1100 g/mol. The highest BCUT2D eigenvalue weighted by Gasteiger charge is 2.35. The number of methoxy groups -OCH3 is 1. The Labute approximate surface area is 458 Å². The van der Waals surface area contributed by atoms with Crippen LogP contribution in [0.2, 0.25) is 0 Å². The first-order valence-electron chi connectivity index (χ1n) is 26.2. The van der Waals surface area contributed by atoms with Crippen molar-refractivity contribution in [2.75, 3.05) is 44.1 Å². The summed E-state index contributed by atoms with van der Waals surface area (Å²) in [5.41, 5.74) is 17.7. The predicted molar refractivity (Wildman–Crippen MR) is 329 cm³/mol. The first-order valence-corrected chi connectivity index (χ1v) is 33.8. The Hall–Kier alpha value is -5.27. The van der Waals surface area contributed by atoms with Gasteiger partial charge in [-0.1, -0.05) is 132 Å². The van der Waals surface area contributed by atoms with Gasteiger partial charge < -0.3 is 26.7 Å². The number of benzene rings is 7. The highest BCUT2D eigenvalue weighted by atomic mass is 32.3. The van der Waals surface area contributed by atoms with Crippen molar-refractivity contribution < 1.29 is 31.2 Å². The van der Waals surface area contributed by atoms with Gasteiger partial charge in [0.25, 0.3) is 0 Å². The van der Waals surface area contributed by atoms with Crippen molar-refractivity contribution in [1.29, 1.82) is 0 Å². The van der Waals surface area contributed by atoms with Crippen LogP contribution in [0.1, 0.15) is 98.5 Å². The second-order valence-corrected chi connectivity index (χ2v) is 34.2. The van der Waals surface area contributed by atoms with E-state index in [9.17, 15) is 0 Å². The van der Waals surface area contributed by atoms with E-state index in [2.05, 4.69) is 206 Å². The van der Waals surface area contributed by atoms with E-state index < -0.39 is 36.9 Å². The number of hydrogen-bond acceptors (Lipinski definition) is 7. The van der Waals surface area contributed by atoms with Crippen LogP contribution in [0.15, 0.2) is 121 Å². The Morgan fingerprint density at radius 3 is 1.47 bits per heavy atom. The lowest BCUT2D eigenvalue weighted by molar-refractivity contribution is 0.227. The van der Waals surface area contributed by atoms with Crippen LogP contribution >= 0.6 is 36.9 Å². The van der Waals surface area contributed by atoms with E-state index in [0.717, 1.165) is 76.4 Å². The van der Waals surface area contributed by atoms with E-state index in [1.807, 2.05) is 18.2 Å². The van der Waals surface area contributed by atoms with Gasteiger partial charge >= 0.3 is 16.8 Å². The van der Waals surface area contributed by atoms with Crippen LogP contribution in [0, 0.1) is 41.5 Å². The highest BCUT2D eigenvalue weighted by molar-refractivity contribution is 8.32. The maximum atomic E-state index is 7.83. The maximum absolute atomic E-state index is 7.83. The molecule has 0 N–H and O–H groups in total. The van der Waals surface area contributed by atoms with E-state index in [4.69, 9.17) is 31.2 Å². The molecule has 9 rings (SSSR count). The van der Waals surface area contributed by atoms with E-state index in [-0.39, 0.29) is 10.8 Å². The average Bonchev–Trinajstić information content (AvgIpc) is 3.50. The van der Waals surface area contributed by atoms with Crippen LogP contribution in [-0.4, -0.2) is 44.1 Å². The van der Waals surface area contributed by atoms with Gasteiger partial charge in [-0.15, -0.1) is 0 Å². The van der Waals surface area contributed by atoms with Gasteiger partial charge in [-0.05, 0) is 164 Å². The number of fused-ring (bicyclic) bond motifs is 4. The summed E-state index contributed by atoms with van der Waals surface area (Å²) in [5, 5.41) is 1.97. The van der Waals surface area contributed by atoms with Gasteiger partial charge in [-0.3, -0.25) is 4.52 Å². The van der Waals surface area contributed by atoms with Crippen molar-refractivity contribution in [3.8, 4) is 56.4 Å². The van der Waals surface area contributed by atoms with Gasteiger partial charge in [-0.2, -0.15) is 0 Å². The van der Waals surface area contributed by atoms with Crippen LogP contribution in [0.25, 0.3) is 55.3 Å². The average molecular weight is 1100 g/mol. The fraction of sp³-hybridized carbons (Fsp3) is 0.354. The van der Waals surface area contributed by atoms with Crippen molar-refractivity contribution in [2.24, 2.45) is 0 Å². The summed E-state index contributed by atoms with van der Waals surface area (Å²) in [4.78, 5) is 2.20. The molecule has 0 radical (unpaired) electrons. The van der Waals surface area contributed by atoms with Gasteiger partial charge in [0.1, 0.15) is 16.9 Å². The molecule has 402 valence electrons. The third-order valence-corrected chi connectivity index (χ3v) is 21.2. The summed E-state index contributed by atoms with van der Waals surface area (Å²) in [6, 6.07) is 37.4. The van der Waals surface area contributed by atoms with Gasteiger partial charge in [0, 0.05) is 48.4 Å². The van der Waals surface area contributed by atoms with E-state index in [0.29, 0.717) is 29.6 Å². The van der Waals surface area contributed by atoms with E-state index >= 15 is 0 Å². The Kier molecular flexibility index (Phi) is 15.2. The number of aryl methyl sites for hydroxylation is 6. The van der Waals surface area contributed by atoms with E-state index in [1.165, 1.54) is 44.5 Å². The lowest BCUT2D eigenvalue weighted by Gasteiger charge is -2.35. The Balaban J connectivity index is 1.46. The zero-order valence-corrected chi connectivity index (χ0v) is 51.7. The lowest BCUT2D eigenvalue weighted by atomic mass is 9.84. The van der Waals surface area contributed by atoms with Gasteiger partial charge in [0.15, 0.2) is 17.2 Å². The van der Waals surface area contributed by atoms with Crippen LogP contribution < -0.4 is 18.3 Å². The van der Waals surface area contributed by atoms with Gasteiger partial charge in [-0.25, -0.2) is 20.1 Å². The molecule has 7 aromatic carbocycles. The zero-order chi connectivity index (χ0) is 55.0. The number of rotatable bonds is 11. The molecule has 0 aliphatic carbocycles. The van der Waals surface area contributed by atoms with Crippen LogP contribution in [0.4, 0.5) is 0 Å². The molecule has 0 saturated heterocycles. The Morgan fingerprint density at radius 1 is 0.566 bits per heavy atom. The van der Waals surface area contributed by atoms with Crippen molar-refractivity contribution in [3.63, 3.8) is 0 Å². The largest absolute Gasteiger partial charge is 0.493 e. The fourth-order valence-electron chi connectivity index (χ4n) is 10.8. The molecule has 1 aromatic heterocycles. The van der Waals surface area contributed by atoms with Gasteiger partial charge in [0.2, 0.25) is 0 Å². The minimum Gasteiger partial charge on any atom is -0.493 e. The molecule has 0 bridgehead atoms. The number of ether oxygens (including phenoxy) is 1. The summed E-state index contributed by atoms with van der Waals surface area (Å²) in [7, 11) is -5.62. The molecule has 11 heteroatoms. The molecular formula is C65H78O7P2S2. The minimum absolute atomic E-state index is 0.255. The molecule has 0 spiro atoms. The second kappa shape index (κ2) is 20.8. The Bertz CT molecular complexity index is 3470. The summed E-state index contributed by atoms with van der Waals surface area (Å²) in [6.45, 7) is 29.3. The topological polar surface area (TPSA) is 72.4 Å². The first-order chi connectivity index (χ1) is 35.7. The molecule has 1 aliphatic rings. The smallest absolute Gasteiger partial charge is 0.463 e. The predicted octanol–water partition coefficient (Wildman–Crippen LogP) is 20.3. The second-order valence-electron chi connectivity index (χ2n) is 23.9.